The van der Waals surface area contributed by atoms with E-state index in [2.05, 4.69) is 5.32 Å². The fourth-order valence-corrected chi connectivity index (χ4v) is 1.86. The Morgan fingerprint density at radius 2 is 1.86 bits per heavy atom. The first-order valence-corrected chi connectivity index (χ1v) is 4.91. The van der Waals surface area contributed by atoms with Crippen LogP contribution >= 0.6 is 24.8 Å². The molecular weight excluding hydrogens is 223 g/mol. The zero-order chi connectivity index (χ0) is 8.81. The van der Waals surface area contributed by atoms with Crippen molar-refractivity contribution in [3.63, 3.8) is 0 Å². The van der Waals surface area contributed by atoms with Crippen molar-refractivity contribution in [1.82, 2.24) is 5.32 Å². The van der Waals surface area contributed by atoms with E-state index in [4.69, 9.17) is 10.8 Å². The Kier molecular flexibility index (Phi) is 12.0. The van der Waals surface area contributed by atoms with Crippen molar-refractivity contribution in [3.8, 4) is 0 Å². The molecule has 1 saturated carbocycles. The minimum Gasteiger partial charge on any atom is -0.395 e. The van der Waals surface area contributed by atoms with E-state index in [-0.39, 0.29) is 31.4 Å². The molecule has 88 valence electrons. The van der Waals surface area contributed by atoms with E-state index in [1.54, 1.807) is 0 Å². The first-order chi connectivity index (χ1) is 5.84. The third-order valence-electron chi connectivity index (χ3n) is 2.66. The van der Waals surface area contributed by atoms with Crippen LogP contribution in [-0.4, -0.2) is 30.8 Å². The lowest BCUT2D eigenvalue weighted by atomic mass is 9.85. The summed E-state index contributed by atoms with van der Waals surface area (Å²) in [5, 5.41) is 11.8. The highest BCUT2D eigenvalue weighted by Crippen LogP contribution is 2.21. The second kappa shape index (κ2) is 9.99. The van der Waals surface area contributed by atoms with Crippen LogP contribution in [0.25, 0.3) is 0 Å². The lowest BCUT2D eigenvalue weighted by Crippen LogP contribution is -2.39. The van der Waals surface area contributed by atoms with Gasteiger partial charge in [0.25, 0.3) is 0 Å². The summed E-state index contributed by atoms with van der Waals surface area (Å²) in [6.07, 6.45) is 5.03. The summed E-state index contributed by atoms with van der Waals surface area (Å²) in [5.41, 5.74) is 5.96. The molecule has 0 aromatic heterocycles. The summed E-state index contributed by atoms with van der Waals surface area (Å²) in [6, 6.07) is 0.380. The number of hydrogen-bond acceptors (Lipinski definition) is 3. The fourth-order valence-electron chi connectivity index (χ4n) is 1.86. The Labute approximate surface area is 98.6 Å². The molecule has 0 aromatic rings. The predicted octanol–water partition coefficient (Wildman–Crippen LogP) is 0.929. The summed E-state index contributed by atoms with van der Waals surface area (Å²) in [5.74, 6) is 0.630. The number of aliphatic hydroxyl groups excluding tert-OH is 1. The molecule has 1 aliphatic rings. The zero-order valence-corrected chi connectivity index (χ0v) is 10.1. The molecule has 1 rings (SSSR count). The number of aliphatic hydroxyl groups is 1. The van der Waals surface area contributed by atoms with Gasteiger partial charge in [-0.3, -0.25) is 0 Å². The first-order valence-electron chi connectivity index (χ1n) is 4.91. The SMILES string of the molecule is Cl.Cl.N[C@H]1CCCC[C@H]1CNCCO. The molecule has 14 heavy (non-hydrogen) atoms. The smallest absolute Gasteiger partial charge is 0.0555 e. The molecule has 1 fully saturated rings. The standard InChI is InChI=1S/C9H20N2O.2ClH/c10-9-4-2-1-3-8(9)7-11-5-6-12;;/h8-9,11-12H,1-7,10H2;2*1H/t8-,9-;;/m0../s1. The van der Waals surface area contributed by atoms with Gasteiger partial charge in [-0.15, -0.1) is 24.8 Å². The van der Waals surface area contributed by atoms with Gasteiger partial charge in [-0.05, 0) is 25.3 Å². The molecule has 0 aliphatic heterocycles. The lowest BCUT2D eigenvalue weighted by Gasteiger charge is -2.28. The summed E-state index contributed by atoms with van der Waals surface area (Å²) < 4.78 is 0. The van der Waals surface area contributed by atoms with Crippen molar-refractivity contribution in [2.75, 3.05) is 19.7 Å². The first kappa shape index (κ1) is 16.9. The molecule has 2 atom stereocenters. The molecule has 0 heterocycles. The number of halogens is 2. The van der Waals surface area contributed by atoms with Crippen LogP contribution in [-0.2, 0) is 0 Å². The highest BCUT2D eigenvalue weighted by atomic mass is 35.5. The summed E-state index contributed by atoms with van der Waals surface area (Å²) in [7, 11) is 0. The average Bonchev–Trinajstić information content (AvgIpc) is 2.09. The Morgan fingerprint density at radius 3 is 2.43 bits per heavy atom. The molecule has 0 spiro atoms. The van der Waals surface area contributed by atoms with Crippen LogP contribution in [0.1, 0.15) is 25.7 Å². The second-order valence-corrected chi connectivity index (χ2v) is 3.64. The van der Waals surface area contributed by atoms with Gasteiger partial charge < -0.3 is 16.2 Å². The van der Waals surface area contributed by atoms with Crippen LogP contribution < -0.4 is 11.1 Å². The molecule has 0 unspecified atom stereocenters. The Balaban J connectivity index is 0. The van der Waals surface area contributed by atoms with E-state index in [9.17, 15) is 0 Å². The molecule has 0 bridgehead atoms. The molecule has 3 nitrogen and oxygen atoms in total. The molecule has 0 amide bonds. The van der Waals surface area contributed by atoms with E-state index < -0.39 is 0 Å². The molecule has 0 aromatic carbocycles. The van der Waals surface area contributed by atoms with Gasteiger partial charge >= 0.3 is 0 Å². The summed E-state index contributed by atoms with van der Waals surface area (Å²) in [4.78, 5) is 0. The van der Waals surface area contributed by atoms with E-state index in [1.807, 2.05) is 0 Å². The van der Waals surface area contributed by atoms with Gasteiger partial charge in [-0.1, -0.05) is 12.8 Å². The molecule has 4 N–H and O–H groups in total. The van der Waals surface area contributed by atoms with Crippen LogP contribution in [0.15, 0.2) is 0 Å². The maximum Gasteiger partial charge on any atom is 0.0555 e. The van der Waals surface area contributed by atoms with Crippen LogP contribution in [0, 0.1) is 5.92 Å². The monoisotopic (exact) mass is 244 g/mol. The molecule has 0 radical (unpaired) electrons. The second-order valence-electron chi connectivity index (χ2n) is 3.64. The largest absolute Gasteiger partial charge is 0.395 e. The maximum atomic E-state index is 8.57. The van der Waals surface area contributed by atoms with E-state index in [0.717, 1.165) is 6.54 Å². The van der Waals surface area contributed by atoms with Gasteiger partial charge in [-0.25, -0.2) is 0 Å². The highest BCUT2D eigenvalue weighted by molar-refractivity contribution is 5.85. The van der Waals surface area contributed by atoms with Gasteiger partial charge in [0.2, 0.25) is 0 Å². The lowest BCUT2D eigenvalue weighted by molar-refractivity contribution is 0.265. The normalized spacial score (nSPS) is 26.1. The molecule has 0 saturated heterocycles. The topological polar surface area (TPSA) is 58.3 Å². The number of nitrogens with two attached hydrogens (primary N) is 1. The van der Waals surface area contributed by atoms with Crippen LogP contribution in [0.3, 0.4) is 0 Å². The van der Waals surface area contributed by atoms with Crippen molar-refractivity contribution < 1.29 is 5.11 Å². The van der Waals surface area contributed by atoms with Crippen molar-refractivity contribution in [2.24, 2.45) is 11.7 Å². The Hall–Kier alpha value is 0.460. The van der Waals surface area contributed by atoms with Gasteiger partial charge in [-0.2, -0.15) is 0 Å². The van der Waals surface area contributed by atoms with Gasteiger partial charge in [0.05, 0.1) is 6.61 Å². The minimum atomic E-state index is 0. The predicted molar refractivity (Wildman–Crippen MR) is 64.4 cm³/mol. The Morgan fingerprint density at radius 1 is 1.21 bits per heavy atom. The highest BCUT2D eigenvalue weighted by Gasteiger charge is 2.20. The average molecular weight is 245 g/mol. The van der Waals surface area contributed by atoms with E-state index >= 15 is 0 Å². The number of rotatable bonds is 4. The summed E-state index contributed by atoms with van der Waals surface area (Å²) >= 11 is 0. The van der Waals surface area contributed by atoms with Crippen LogP contribution in [0.2, 0.25) is 0 Å². The summed E-state index contributed by atoms with van der Waals surface area (Å²) in [6.45, 7) is 1.90. The quantitative estimate of drug-likeness (QED) is 0.646. The zero-order valence-electron chi connectivity index (χ0n) is 8.45. The molecular formula is C9H22Cl2N2O. The maximum absolute atomic E-state index is 8.57. The van der Waals surface area contributed by atoms with Gasteiger partial charge in [0.15, 0.2) is 0 Å². The molecule has 1 aliphatic carbocycles. The van der Waals surface area contributed by atoms with Crippen molar-refractivity contribution in [2.45, 2.75) is 31.7 Å². The van der Waals surface area contributed by atoms with Gasteiger partial charge in [0, 0.05) is 12.6 Å². The van der Waals surface area contributed by atoms with Crippen molar-refractivity contribution >= 4 is 24.8 Å². The van der Waals surface area contributed by atoms with E-state index in [0.29, 0.717) is 18.5 Å². The van der Waals surface area contributed by atoms with Gasteiger partial charge in [0.1, 0.15) is 0 Å². The number of hydrogen-bond donors (Lipinski definition) is 3. The van der Waals surface area contributed by atoms with Crippen LogP contribution in [0.5, 0.6) is 0 Å². The van der Waals surface area contributed by atoms with Crippen LogP contribution in [0.4, 0.5) is 0 Å². The fraction of sp³-hybridized carbons (Fsp3) is 1.00. The van der Waals surface area contributed by atoms with Crippen molar-refractivity contribution in [1.29, 1.82) is 0 Å². The minimum absolute atomic E-state index is 0. The number of nitrogens with one attached hydrogen (secondary N) is 1. The Bertz CT molecular complexity index is 127. The third kappa shape index (κ3) is 6.04. The third-order valence-corrected chi connectivity index (χ3v) is 2.66. The van der Waals surface area contributed by atoms with E-state index in [1.165, 1.54) is 25.7 Å². The van der Waals surface area contributed by atoms with Crippen molar-refractivity contribution in [3.05, 3.63) is 0 Å². The molecule has 5 heteroatoms.